The van der Waals surface area contributed by atoms with Gasteiger partial charge < -0.3 is 28.2 Å². The second-order valence-corrected chi connectivity index (χ2v) is 26.9. The number of esters is 1. The highest BCUT2D eigenvalue weighted by molar-refractivity contribution is 7.00. The van der Waals surface area contributed by atoms with Crippen LogP contribution in [0.1, 0.15) is 59.1 Å². The average Bonchev–Trinajstić information content (AvgIpc) is 3.29. The topological polar surface area (TPSA) is 83.5 Å². The zero-order chi connectivity index (χ0) is 45.0. The molecule has 0 saturated heterocycles. The lowest BCUT2D eigenvalue weighted by atomic mass is 9.89. The standard InChI is InChI=1S/C54H64O7Si2/c1-52(2,3)62(45-30-18-10-19-31-45,46-32-20-11-21-33-46)60-41-49(58-39-43-26-14-8-15-27-43)51(59-40-44-28-16-9-17-29-44)54(56,38-50(55)57-7)42-61-63(53(4,5)6,47-34-22-12-23-35-47)48-36-24-13-25-37-48/h8-37,49,51,56H,38-42H2,1-7H3/t49-,51+,54-/m1/s1. The second kappa shape index (κ2) is 21.1. The van der Waals surface area contributed by atoms with Gasteiger partial charge in [0.1, 0.15) is 17.8 Å². The lowest BCUT2D eigenvalue weighted by molar-refractivity contribution is -0.201. The maximum atomic E-state index is 13.7. The fourth-order valence-electron chi connectivity index (χ4n) is 8.89. The molecule has 0 heterocycles. The lowest BCUT2D eigenvalue weighted by Crippen LogP contribution is -2.69. The van der Waals surface area contributed by atoms with Gasteiger partial charge in [0.15, 0.2) is 0 Å². The van der Waals surface area contributed by atoms with Gasteiger partial charge in [-0.3, -0.25) is 4.79 Å². The second-order valence-electron chi connectivity index (χ2n) is 18.3. The largest absolute Gasteiger partial charge is 0.469 e. The molecule has 330 valence electrons. The van der Waals surface area contributed by atoms with Crippen molar-refractivity contribution in [3.8, 4) is 0 Å². The Labute approximate surface area is 377 Å². The van der Waals surface area contributed by atoms with Gasteiger partial charge in [-0.05, 0) is 42.0 Å². The summed E-state index contributed by atoms with van der Waals surface area (Å²) in [5.41, 5.74) is -0.147. The van der Waals surface area contributed by atoms with Crippen LogP contribution in [-0.4, -0.2) is 65.8 Å². The molecule has 0 aliphatic heterocycles. The molecule has 0 aliphatic carbocycles. The Balaban J connectivity index is 1.53. The summed E-state index contributed by atoms with van der Waals surface area (Å²) in [6.07, 6.45) is -2.49. The van der Waals surface area contributed by atoms with Gasteiger partial charge in [0.25, 0.3) is 16.6 Å². The molecule has 6 aromatic rings. The fourth-order valence-corrected chi connectivity index (χ4v) is 18.1. The Bertz CT molecular complexity index is 2190. The van der Waals surface area contributed by atoms with Crippen molar-refractivity contribution >= 4 is 43.4 Å². The maximum Gasteiger partial charge on any atom is 0.308 e. The number of hydrogen-bond acceptors (Lipinski definition) is 7. The van der Waals surface area contributed by atoms with Crippen molar-refractivity contribution in [1.29, 1.82) is 0 Å². The molecule has 0 bridgehead atoms. The molecular formula is C54H64O7Si2. The third kappa shape index (κ3) is 11.0. The highest BCUT2D eigenvalue weighted by atomic mass is 28.4. The Morgan fingerprint density at radius 2 is 0.841 bits per heavy atom. The first-order valence-electron chi connectivity index (χ1n) is 21.8. The summed E-state index contributed by atoms with van der Waals surface area (Å²) in [5.74, 6) is -0.605. The van der Waals surface area contributed by atoms with E-state index in [0.717, 1.165) is 31.9 Å². The third-order valence-corrected chi connectivity index (χ3v) is 21.9. The molecule has 3 atom stereocenters. The number of hydrogen-bond donors (Lipinski definition) is 1. The summed E-state index contributed by atoms with van der Waals surface area (Å²) in [7, 11) is -5.06. The summed E-state index contributed by atoms with van der Waals surface area (Å²) in [4.78, 5) is 13.7. The highest BCUT2D eigenvalue weighted by Crippen LogP contribution is 2.40. The number of methoxy groups -OCH3 is 1. The lowest BCUT2D eigenvalue weighted by Gasteiger charge is -2.47. The van der Waals surface area contributed by atoms with Crippen LogP contribution in [0.4, 0.5) is 0 Å². The molecule has 0 amide bonds. The van der Waals surface area contributed by atoms with Gasteiger partial charge in [-0.15, -0.1) is 0 Å². The van der Waals surface area contributed by atoms with E-state index in [4.69, 9.17) is 23.1 Å². The van der Waals surface area contributed by atoms with Crippen molar-refractivity contribution in [1.82, 2.24) is 0 Å². The third-order valence-electron chi connectivity index (χ3n) is 12.0. The van der Waals surface area contributed by atoms with E-state index in [1.54, 1.807) is 0 Å². The molecule has 0 radical (unpaired) electrons. The van der Waals surface area contributed by atoms with Crippen LogP contribution < -0.4 is 20.7 Å². The van der Waals surface area contributed by atoms with Crippen molar-refractivity contribution in [2.24, 2.45) is 0 Å². The summed E-state index contributed by atoms with van der Waals surface area (Å²) in [6, 6.07) is 61.2. The van der Waals surface area contributed by atoms with Gasteiger partial charge in [-0.1, -0.05) is 224 Å². The predicted molar refractivity (Wildman–Crippen MR) is 259 cm³/mol. The number of benzene rings is 6. The molecule has 6 aromatic carbocycles. The Kier molecular flexibility index (Phi) is 15.9. The van der Waals surface area contributed by atoms with Crippen LogP contribution in [0.25, 0.3) is 0 Å². The minimum absolute atomic E-state index is 0.0300. The van der Waals surface area contributed by atoms with Crippen LogP contribution in [-0.2, 0) is 41.1 Å². The van der Waals surface area contributed by atoms with E-state index < -0.39 is 51.9 Å². The molecule has 7 nitrogen and oxygen atoms in total. The average molecular weight is 881 g/mol. The highest BCUT2D eigenvalue weighted by Gasteiger charge is 2.55. The number of ether oxygens (including phenoxy) is 3. The molecule has 63 heavy (non-hydrogen) atoms. The molecule has 0 aromatic heterocycles. The van der Waals surface area contributed by atoms with Crippen LogP contribution >= 0.6 is 0 Å². The van der Waals surface area contributed by atoms with E-state index in [2.05, 4.69) is 114 Å². The summed E-state index contributed by atoms with van der Waals surface area (Å²) >= 11 is 0. The smallest absolute Gasteiger partial charge is 0.308 e. The summed E-state index contributed by atoms with van der Waals surface area (Å²) in [6.45, 7) is 13.3. The van der Waals surface area contributed by atoms with E-state index >= 15 is 0 Å². The SMILES string of the molecule is COC(=O)C[C@@](O)(CO[Si](c1ccccc1)(c1ccccc1)C(C)(C)C)[C@@H](OCc1ccccc1)[C@@H](CO[Si](c1ccccc1)(c1ccccc1)C(C)(C)C)OCc1ccccc1. The minimum atomic E-state index is -3.25. The first kappa shape index (κ1) is 47.5. The van der Waals surface area contributed by atoms with Gasteiger partial charge in [0.2, 0.25) is 0 Å². The number of carbonyl (C=O) groups excluding carboxylic acids is 1. The molecule has 0 saturated carbocycles. The van der Waals surface area contributed by atoms with Crippen LogP contribution in [0.5, 0.6) is 0 Å². The van der Waals surface area contributed by atoms with Crippen molar-refractivity contribution in [3.05, 3.63) is 193 Å². The van der Waals surface area contributed by atoms with E-state index in [-0.39, 0.29) is 31.5 Å². The van der Waals surface area contributed by atoms with E-state index in [1.165, 1.54) is 7.11 Å². The summed E-state index contributed by atoms with van der Waals surface area (Å²) in [5, 5.41) is 17.1. The van der Waals surface area contributed by atoms with Crippen molar-refractivity contribution in [2.45, 2.75) is 89.1 Å². The fraction of sp³-hybridized carbons (Fsp3) is 0.315. The quantitative estimate of drug-likeness (QED) is 0.0608. The number of carbonyl (C=O) groups is 1. The molecular weight excluding hydrogens is 817 g/mol. The van der Waals surface area contributed by atoms with Crippen LogP contribution in [0, 0.1) is 0 Å². The molecule has 1 N–H and O–H groups in total. The van der Waals surface area contributed by atoms with Crippen LogP contribution in [0.2, 0.25) is 10.1 Å². The van der Waals surface area contributed by atoms with Gasteiger partial charge in [-0.2, -0.15) is 0 Å². The van der Waals surface area contributed by atoms with Gasteiger partial charge in [-0.25, -0.2) is 0 Å². The molecule has 9 heteroatoms. The predicted octanol–water partition coefficient (Wildman–Crippen LogP) is 8.60. The van der Waals surface area contributed by atoms with Crippen molar-refractivity contribution in [3.63, 3.8) is 0 Å². The molecule has 0 aliphatic rings. The van der Waals surface area contributed by atoms with E-state index in [9.17, 15) is 9.90 Å². The summed E-state index contributed by atoms with van der Waals surface area (Å²) < 4.78 is 34.4. The van der Waals surface area contributed by atoms with Crippen molar-refractivity contribution in [2.75, 3.05) is 20.3 Å². The monoisotopic (exact) mass is 880 g/mol. The van der Waals surface area contributed by atoms with Crippen LogP contribution in [0.15, 0.2) is 182 Å². The van der Waals surface area contributed by atoms with E-state index in [1.807, 2.05) is 109 Å². The van der Waals surface area contributed by atoms with E-state index in [0.29, 0.717) is 0 Å². The Morgan fingerprint density at radius 3 is 1.19 bits per heavy atom. The molecule has 0 fully saturated rings. The maximum absolute atomic E-state index is 13.7. The Hall–Kier alpha value is -4.98. The van der Waals surface area contributed by atoms with Gasteiger partial charge in [0, 0.05) is 0 Å². The molecule has 0 unspecified atom stereocenters. The molecule has 6 rings (SSSR count). The normalized spacial score (nSPS) is 14.3. The van der Waals surface area contributed by atoms with Gasteiger partial charge in [0.05, 0.1) is 40.0 Å². The van der Waals surface area contributed by atoms with Crippen molar-refractivity contribution < 1.29 is 33.0 Å². The zero-order valence-electron chi connectivity index (χ0n) is 37.9. The van der Waals surface area contributed by atoms with Gasteiger partial charge >= 0.3 is 5.97 Å². The van der Waals surface area contributed by atoms with Crippen LogP contribution in [0.3, 0.4) is 0 Å². The first-order chi connectivity index (χ1) is 30.2. The first-order valence-corrected chi connectivity index (χ1v) is 25.7. The Morgan fingerprint density at radius 1 is 0.508 bits per heavy atom. The number of rotatable bonds is 20. The molecule has 0 spiro atoms. The minimum Gasteiger partial charge on any atom is -0.469 e. The number of aliphatic hydroxyl groups is 1. The zero-order valence-corrected chi connectivity index (χ0v) is 39.9.